The third kappa shape index (κ3) is 3.93. The molecule has 0 bridgehead atoms. The Morgan fingerprint density at radius 2 is 1.97 bits per heavy atom. The monoisotopic (exact) mass is 404 g/mol. The minimum absolute atomic E-state index is 0.204. The van der Waals surface area contributed by atoms with Gasteiger partial charge in [-0.2, -0.15) is 5.10 Å². The highest BCUT2D eigenvalue weighted by atomic mass is 16.5. The largest absolute Gasteiger partial charge is 0.452 e. The summed E-state index contributed by atoms with van der Waals surface area (Å²) in [7, 11) is 0. The number of fused-ring (bicyclic) bond motifs is 1. The quantitative estimate of drug-likeness (QED) is 0.476. The van der Waals surface area contributed by atoms with Gasteiger partial charge in [0.1, 0.15) is 5.52 Å². The molecular formula is C22H20N4O4. The number of ether oxygens (including phenoxy) is 1. The smallest absolute Gasteiger partial charge is 0.303 e. The molecule has 30 heavy (non-hydrogen) atoms. The van der Waals surface area contributed by atoms with Gasteiger partial charge in [0.05, 0.1) is 17.5 Å². The van der Waals surface area contributed by atoms with Crippen LogP contribution >= 0.6 is 0 Å². The van der Waals surface area contributed by atoms with E-state index in [-0.39, 0.29) is 6.42 Å². The zero-order valence-electron chi connectivity index (χ0n) is 16.5. The normalized spacial score (nSPS) is 12.1. The van der Waals surface area contributed by atoms with Gasteiger partial charge in [-0.15, -0.1) is 0 Å². The zero-order valence-corrected chi connectivity index (χ0v) is 16.5. The number of primary amides is 1. The van der Waals surface area contributed by atoms with E-state index < -0.39 is 18.0 Å². The number of nitrogens with two attached hydrogens (primary N) is 1. The van der Waals surface area contributed by atoms with Crippen LogP contribution in [0.5, 0.6) is 0 Å². The van der Waals surface area contributed by atoms with Gasteiger partial charge in [0.25, 0.3) is 5.91 Å². The minimum Gasteiger partial charge on any atom is -0.452 e. The van der Waals surface area contributed by atoms with Gasteiger partial charge in [-0.25, -0.2) is 4.98 Å². The predicted octanol–water partition coefficient (Wildman–Crippen LogP) is 3.15. The van der Waals surface area contributed by atoms with Gasteiger partial charge < -0.3 is 14.9 Å². The maximum atomic E-state index is 11.5. The number of benzene rings is 2. The molecule has 2 aromatic heterocycles. The highest BCUT2D eigenvalue weighted by molar-refractivity contribution is 5.83. The SMILES string of the molecule is CC(=O)OC(Cc1ccc(-c2[nH]ncc2-c2nc3ccc(C)cc3o2)cc1)C(N)=O. The maximum Gasteiger partial charge on any atom is 0.303 e. The molecule has 8 nitrogen and oxygen atoms in total. The summed E-state index contributed by atoms with van der Waals surface area (Å²) in [6.07, 6.45) is 0.874. The molecule has 2 heterocycles. The second-order valence-electron chi connectivity index (χ2n) is 7.05. The van der Waals surface area contributed by atoms with E-state index in [1.807, 2.05) is 49.4 Å². The number of oxazole rings is 1. The minimum atomic E-state index is -1.00. The molecular weight excluding hydrogens is 384 g/mol. The average Bonchev–Trinajstić information content (AvgIpc) is 3.34. The molecule has 152 valence electrons. The Morgan fingerprint density at radius 1 is 1.20 bits per heavy atom. The second kappa shape index (κ2) is 7.82. The predicted molar refractivity (Wildman–Crippen MR) is 110 cm³/mol. The summed E-state index contributed by atoms with van der Waals surface area (Å²) >= 11 is 0. The van der Waals surface area contributed by atoms with Crippen molar-refractivity contribution >= 4 is 23.0 Å². The molecule has 3 N–H and O–H groups in total. The summed E-state index contributed by atoms with van der Waals surface area (Å²) in [5.74, 6) is -0.755. The van der Waals surface area contributed by atoms with Gasteiger partial charge in [0, 0.05) is 18.9 Å². The highest BCUT2D eigenvalue weighted by Gasteiger charge is 2.20. The van der Waals surface area contributed by atoms with Crippen LogP contribution in [0.15, 0.2) is 53.1 Å². The lowest BCUT2D eigenvalue weighted by molar-refractivity contribution is -0.152. The molecule has 0 radical (unpaired) electrons. The Hall–Kier alpha value is -3.94. The van der Waals surface area contributed by atoms with E-state index in [1.54, 1.807) is 6.20 Å². The maximum absolute atomic E-state index is 11.5. The molecule has 0 aliphatic rings. The lowest BCUT2D eigenvalue weighted by atomic mass is 10.0. The number of rotatable bonds is 6. The fourth-order valence-corrected chi connectivity index (χ4v) is 3.24. The summed E-state index contributed by atoms with van der Waals surface area (Å²) in [4.78, 5) is 27.2. The first-order valence-corrected chi connectivity index (χ1v) is 9.37. The number of hydrogen-bond acceptors (Lipinski definition) is 6. The number of aromatic nitrogens is 3. The van der Waals surface area contributed by atoms with Crippen LogP contribution in [0.25, 0.3) is 33.8 Å². The molecule has 0 fully saturated rings. The van der Waals surface area contributed by atoms with Gasteiger partial charge in [0.2, 0.25) is 5.89 Å². The number of nitrogens with zero attached hydrogens (tertiary/aromatic N) is 2. The number of carbonyl (C=O) groups is 2. The van der Waals surface area contributed by atoms with Crippen LogP contribution in [0.2, 0.25) is 0 Å². The fourth-order valence-electron chi connectivity index (χ4n) is 3.24. The van der Waals surface area contributed by atoms with Crippen LogP contribution < -0.4 is 5.73 Å². The lowest BCUT2D eigenvalue weighted by Crippen LogP contribution is -2.34. The van der Waals surface area contributed by atoms with Gasteiger partial charge in [0.15, 0.2) is 11.7 Å². The Bertz CT molecular complexity index is 1220. The first kappa shape index (κ1) is 19.4. The van der Waals surface area contributed by atoms with Gasteiger partial charge >= 0.3 is 5.97 Å². The van der Waals surface area contributed by atoms with Gasteiger partial charge in [-0.05, 0) is 30.2 Å². The molecule has 4 rings (SSSR count). The van der Waals surface area contributed by atoms with Crippen molar-refractivity contribution in [1.29, 1.82) is 0 Å². The number of aromatic amines is 1. The van der Waals surface area contributed by atoms with E-state index in [1.165, 1.54) is 6.92 Å². The van der Waals surface area contributed by atoms with Crippen molar-refractivity contribution in [3.63, 3.8) is 0 Å². The first-order chi connectivity index (χ1) is 14.4. The van der Waals surface area contributed by atoms with Crippen molar-refractivity contribution in [3.8, 4) is 22.7 Å². The Morgan fingerprint density at radius 3 is 2.67 bits per heavy atom. The van der Waals surface area contributed by atoms with E-state index in [2.05, 4.69) is 15.2 Å². The van der Waals surface area contributed by atoms with E-state index in [4.69, 9.17) is 14.9 Å². The van der Waals surface area contributed by atoms with Crippen LogP contribution in [0.1, 0.15) is 18.1 Å². The summed E-state index contributed by atoms with van der Waals surface area (Å²) in [6.45, 7) is 3.24. The van der Waals surface area contributed by atoms with Crippen molar-refractivity contribution in [2.75, 3.05) is 0 Å². The molecule has 0 saturated heterocycles. The van der Waals surface area contributed by atoms with Crippen LogP contribution in [-0.2, 0) is 20.7 Å². The third-order valence-electron chi connectivity index (χ3n) is 4.70. The van der Waals surface area contributed by atoms with Gasteiger partial charge in [-0.1, -0.05) is 30.3 Å². The molecule has 4 aromatic rings. The lowest BCUT2D eigenvalue weighted by Gasteiger charge is -2.13. The summed E-state index contributed by atoms with van der Waals surface area (Å²) in [6, 6.07) is 13.3. The standard InChI is InChI=1S/C22H20N4O4/c1-12-3-8-17-18(9-12)30-22(25-17)16-11-24-26-20(16)15-6-4-14(5-7-15)10-19(21(23)28)29-13(2)27/h3-9,11,19H,10H2,1-2H3,(H2,23,28)(H,24,26). The van der Waals surface area contributed by atoms with Crippen molar-refractivity contribution in [2.45, 2.75) is 26.4 Å². The second-order valence-corrected chi connectivity index (χ2v) is 7.05. The van der Waals surface area contributed by atoms with Crippen LogP contribution in [0.4, 0.5) is 0 Å². The Labute approximate surface area is 172 Å². The topological polar surface area (TPSA) is 124 Å². The molecule has 0 saturated carbocycles. The van der Waals surface area contributed by atoms with E-state index in [9.17, 15) is 9.59 Å². The summed E-state index contributed by atoms with van der Waals surface area (Å²) in [5, 5.41) is 7.13. The Kier molecular flexibility index (Phi) is 5.05. The van der Waals surface area contributed by atoms with Crippen molar-refractivity contribution < 1.29 is 18.7 Å². The molecule has 1 atom stereocenters. The Balaban J connectivity index is 1.60. The summed E-state index contributed by atoms with van der Waals surface area (Å²) in [5.41, 5.74) is 11.1. The van der Waals surface area contributed by atoms with Crippen molar-refractivity contribution in [1.82, 2.24) is 15.2 Å². The third-order valence-corrected chi connectivity index (χ3v) is 4.70. The molecule has 2 aromatic carbocycles. The summed E-state index contributed by atoms with van der Waals surface area (Å²) < 4.78 is 10.9. The average molecular weight is 404 g/mol. The molecule has 0 aliphatic heterocycles. The number of amides is 1. The number of nitrogens with one attached hydrogen (secondary N) is 1. The number of esters is 1. The molecule has 0 aliphatic carbocycles. The molecule has 1 unspecified atom stereocenters. The van der Waals surface area contributed by atoms with E-state index in [0.717, 1.165) is 39.0 Å². The van der Waals surface area contributed by atoms with Crippen LogP contribution in [0, 0.1) is 6.92 Å². The molecule has 1 amide bonds. The fraction of sp³-hybridized carbons (Fsp3) is 0.182. The van der Waals surface area contributed by atoms with E-state index >= 15 is 0 Å². The first-order valence-electron chi connectivity index (χ1n) is 9.37. The number of aryl methyl sites for hydroxylation is 1. The van der Waals surface area contributed by atoms with Crippen LogP contribution in [-0.4, -0.2) is 33.2 Å². The van der Waals surface area contributed by atoms with Crippen molar-refractivity contribution in [2.24, 2.45) is 5.73 Å². The van der Waals surface area contributed by atoms with Crippen LogP contribution in [0.3, 0.4) is 0 Å². The number of carbonyl (C=O) groups excluding carboxylic acids is 2. The number of H-pyrrole nitrogens is 1. The van der Waals surface area contributed by atoms with E-state index in [0.29, 0.717) is 5.89 Å². The number of hydrogen-bond donors (Lipinski definition) is 2. The van der Waals surface area contributed by atoms with Gasteiger partial charge in [-0.3, -0.25) is 14.7 Å². The molecule has 8 heteroatoms. The zero-order chi connectivity index (χ0) is 21.3. The van der Waals surface area contributed by atoms with Crippen molar-refractivity contribution in [3.05, 3.63) is 59.8 Å². The molecule has 0 spiro atoms. The highest BCUT2D eigenvalue weighted by Crippen LogP contribution is 2.32.